The second-order valence-corrected chi connectivity index (χ2v) is 6.45. The first-order valence-electron chi connectivity index (χ1n) is 9.00. The summed E-state index contributed by atoms with van der Waals surface area (Å²) in [4.78, 5) is 25.9. The van der Waals surface area contributed by atoms with E-state index in [2.05, 4.69) is 5.32 Å². The van der Waals surface area contributed by atoms with Crippen LogP contribution in [0.4, 0.5) is 14.9 Å². The van der Waals surface area contributed by atoms with Gasteiger partial charge in [-0.15, -0.1) is 0 Å². The highest BCUT2D eigenvalue weighted by Gasteiger charge is 2.34. The maximum atomic E-state index is 13.2. The first-order valence-corrected chi connectivity index (χ1v) is 9.00. The zero-order valence-corrected chi connectivity index (χ0v) is 15.3. The SMILES string of the molecule is O=C1N/C(=C/c2ccc(OCc3cccc(F)c3)cc2)C(=O)N1c1ccccc1. The predicted octanol–water partition coefficient (Wildman–Crippen LogP) is 4.50. The summed E-state index contributed by atoms with van der Waals surface area (Å²) in [5.41, 5.74) is 2.19. The van der Waals surface area contributed by atoms with Gasteiger partial charge in [-0.3, -0.25) is 4.79 Å². The van der Waals surface area contributed by atoms with Gasteiger partial charge in [0.1, 0.15) is 23.9 Å². The summed E-state index contributed by atoms with van der Waals surface area (Å²) in [5.74, 6) is -0.0994. The maximum Gasteiger partial charge on any atom is 0.333 e. The Morgan fingerprint density at radius 3 is 2.41 bits per heavy atom. The number of hydrogen-bond donors (Lipinski definition) is 1. The molecule has 144 valence electrons. The van der Waals surface area contributed by atoms with E-state index in [1.165, 1.54) is 12.1 Å². The van der Waals surface area contributed by atoms with E-state index >= 15 is 0 Å². The van der Waals surface area contributed by atoms with Crippen LogP contribution in [0.3, 0.4) is 0 Å². The van der Waals surface area contributed by atoms with Crippen LogP contribution >= 0.6 is 0 Å². The van der Waals surface area contributed by atoms with Gasteiger partial charge in [0.2, 0.25) is 0 Å². The highest BCUT2D eigenvalue weighted by atomic mass is 19.1. The van der Waals surface area contributed by atoms with Crippen molar-refractivity contribution in [3.63, 3.8) is 0 Å². The molecular weight excluding hydrogens is 371 g/mol. The fourth-order valence-corrected chi connectivity index (χ4v) is 2.97. The Balaban J connectivity index is 1.45. The zero-order chi connectivity index (χ0) is 20.2. The van der Waals surface area contributed by atoms with Crippen LogP contribution in [0.2, 0.25) is 0 Å². The minimum atomic E-state index is -0.484. The monoisotopic (exact) mass is 388 g/mol. The molecule has 0 aliphatic carbocycles. The molecule has 29 heavy (non-hydrogen) atoms. The highest BCUT2D eigenvalue weighted by Crippen LogP contribution is 2.22. The van der Waals surface area contributed by atoms with Crippen molar-refractivity contribution in [1.82, 2.24) is 5.32 Å². The number of nitrogens with one attached hydrogen (secondary N) is 1. The molecule has 3 aromatic rings. The standard InChI is InChI=1S/C23H17FN2O3/c24-18-6-4-5-17(13-18)15-29-20-11-9-16(10-12-20)14-21-22(27)26(23(28)25-21)19-7-2-1-3-8-19/h1-14H,15H2,(H,25,28)/b21-14+. The molecule has 1 fully saturated rings. The first kappa shape index (κ1) is 18.4. The van der Waals surface area contributed by atoms with Gasteiger partial charge in [0.15, 0.2) is 0 Å². The number of imide groups is 1. The van der Waals surface area contributed by atoms with E-state index in [4.69, 9.17) is 4.74 Å². The van der Waals surface area contributed by atoms with Crippen LogP contribution in [0.25, 0.3) is 6.08 Å². The van der Waals surface area contributed by atoms with Gasteiger partial charge in [0.25, 0.3) is 5.91 Å². The van der Waals surface area contributed by atoms with Crippen LogP contribution in [0.1, 0.15) is 11.1 Å². The summed E-state index contributed by atoms with van der Waals surface area (Å²) in [6.45, 7) is 0.249. The largest absolute Gasteiger partial charge is 0.489 e. The molecule has 0 spiro atoms. The minimum absolute atomic E-state index is 0.201. The molecule has 0 unspecified atom stereocenters. The smallest absolute Gasteiger partial charge is 0.333 e. The summed E-state index contributed by atoms with van der Waals surface area (Å²) < 4.78 is 18.9. The number of anilines is 1. The van der Waals surface area contributed by atoms with Gasteiger partial charge >= 0.3 is 6.03 Å². The number of halogens is 1. The molecule has 1 aliphatic rings. The van der Waals surface area contributed by atoms with Crippen LogP contribution in [-0.4, -0.2) is 11.9 Å². The Kier molecular flexibility index (Phi) is 5.07. The second kappa shape index (κ2) is 7.98. The van der Waals surface area contributed by atoms with E-state index < -0.39 is 11.9 Å². The lowest BCUT2D eigenvalue weighted by atomic mass is 10.2. The lowest BCUT2D eigenvalue weighted by Crippen LogP contribution is -2.30. The van der Waals surface area contributed by atoms with Gasteiger partial charge in [-0.25, -0.2) is 14.1 Å². The van der Waals surface area contributed by atoms with Gasteiger partial charge in [-0.1, -0.05) is 42.5 Å². The third kappa shape index (κ3) is 4.16. The Morgan fingerprint density at radius 1 is 0.931 bits per heavy atom. The van der Waals surface area contributed by atoms with Crippen LogP contribution < -0.4 is 15.0 Å². The van der Waals surface area contributed by atoms with Gasteiger partial charge in [-0.05, 0) is 53.6 Å². The van der Waals surface area contributed by atoms with E-state index in [0.29, 0.717) is 11.4 Å². The van der Waals surface area contributed by atoms with Gasteiger partial charge < -0.3 is 10.1 Å². The molecular formula is C23H17FN2O3. The average molecular weight is 388 g/mol. The fraction of sp³-hybridized carbons (Fsp3) is 0.0435. The number of nitrogens with zero attached hydrogens (tertiary/aromatic N) is 1. The summed E-state index contributed by atoms with van der Waals surface area (Å²) in [7, 11) is 0. The number of ether oxygens (including phenoxy) is 1. The molecule has 0 atom stereocenters. The number of para-hydroxylation sites is 1. The van der Waals surface area contributed by atoms with Crippen molar-refractivity contribution in [2.24, 2.45) is 0 Å². The van der Waals surface area contributed by atoms with Crippen LogP contribution in [0, 0.1) is 5.82 Å². The van der Waals surface area contributed by atoms with Crippen molar-refractivity contribution < 1.29 is 18.7 Å². The number of amides is 3. The number of urea groups is 1. The average Bonchev–Trinajstić information content (AvgIpc) is 3.01. The molecule has 0 saturated carbocycles. The van der Waals surface area contributed by atoms with Crippen molar-refractivity contribution in [3.05, 3.63) is 102 Å². The third-order valence-corrected chi connectivity index (χ3v) is 4.38. The number of rotatable bonds is 5. The number of carbonyl (C=O) groups excluding carboxylic acids is 2. The Bertz CT molecular complexity index is 1080. The third-order valence-electron chi connectivity index (χ3n) is 4.38. The number of hydrogen-bond acceptors (Lipinski definition) is 3. The Morgan fingerprint density at radius 2 is 1.69 bits per heavy atom. The second-order valence-electron chi connectivity index (χ2n) is 6.45. The van der Waals surface area contributed by atoms with Gasteiger partial charge in [0, 0.05) is 0 Å². The Hall–Kier alpha value is -3.93. The topological polar surface area (TPSA) is 58.6 Å². The van der Waals surface area contributed by atoms with Gasteiger partial charge in [0.05, 0.1) is 5.69 Å². The summed E-state index contributed by atoms with van der Waals surface area (Å²) >= 11 is 0. The van der Waals surface area contributed by atoms with E-state index in [-0.39, 0.29) is 18.1 Å². The molecule has 1 aliphatic heterocycles. The molecule has 6 heteroatoms. The predicted molar refractivity (Wildman–Crippen MR) is 108 cm³/mol. The number of benzene rings is 3. The van der Waals surface area contributed by atoms with E-state index in [1.54, 1.807) is 66.7 Å². The maximum absolute atomic E-state index is 13.2. The lowest BCUT2D eigenvalue weighted by molar-refractivity contribution is -0.113. The molecule has 4 rings (SSSR count). The fourth-order valence-electron chi connectivity index (χ4n) is 2.97. The van der Waals surface area contributed by atoms with Crippen molar-refractivity contribution in [2.75, 3.05) is 4.90 Å². The first-order chi connectivity index (χ1) is 14.1. The molecule has 1 saturated heterocycles. The molecule has 0 aromatic heterocycles. The summed E-state index contributed by atoms with van der Waals surface area (Å²) in [6, 6.07) is 21.5. The molecule has 1 heterocycles. The molecule has 1 N–H and O–H groups in total. The lowest BCUT2D eigenvalue weighted by Gasteiger charge is -2.10. The highest BCUT2D eigenvalue weighted by molar-refractivity contribution is 6.28. The summed E-state index contributed by atoms with van der Waals surface area (Å²) in [5, 5.41) is 2.60. The molecule has 3 amide bonds. The minimum Gasteiger partial charge on any atom is -0.489 e. The van der Waals surface area contributed by atoms with Gasteiger partial charge in [-0.2, -0.15) is 0 Å². The van der Waals surface area contributed by atoms with Crippen LogP contribution in [0.5, 0.6) is 5.75 Å². The number of carbonyl (C=O) groups is 2. The molecule has 0 radical (unpaired) electrons. The molecule has 5 nitrogen and oxygen atoms in total. The van der Waals surface area contributed by atoms with Crippen molar-refractivity contribution in [2.45, 2.75) is 6.61 Å². The van der Waals surface area contributed by atoms with Crippen molar-refractivity contribution in [3.8, 4) is 5.75 Å². The normalized spacial score (nSPS) is 14.9. The molecule has 0 bridgehead atoms. The van der Waals surface area contributed by atoms with Crippen LogP contribution in [0.15, 0.2) is 84.6 Å². The molecule has 3 aromatic carbocycles. The van der Waals surface area contributed by atoms with Crippen LogP contribution in [-0.2, 0) is 11.4 Å². The van der Waals surface area contributed by atoms with Crippen molar-refractivity contribution >= 4 is 23.7 Å². The zero-order valence-electron chi connectivity index (χ0n) is 15.3. The van der Waals surface area contributed by atoms with E-state index in [9.17, 15) is 14.0 Å². The summed E-state index contributed by atoms with van der Waals surface area (Å²) in [6.07, 6.45) is 1.61. The Labute approximate surface area is 167 Å². The van der Waals surface area contributed by atoms with Crippen molar-refractivity contribution in [1.29, 1.82) is 0 Å². The quantitative estimate of drug-likeness (QED) is 0.517. The van der Waals surface area contributed by atoms with E-state index in [0.717, 1.165) is 16.0 Å². The van der Waals surface area contributed by atoms with E-state index in [1.807, 2.05) is 6.07 Å².